The maximum Gasteiger partial charge on any atom is 0.416 e. The van der Waals surface area contributed by atoms with Crippen LogP contribution in [0.2, 0.25) is 0 Å². The highest BCUT2D eigenvalue weighted by Crippen LogP contribution is 2.31. The van der Waals surface area contributed by atoms with Gasteiger partial charge in [-0.1, -0.05) is 78.5 Å². The number of carbonyl (C=O) groups excluding carboxylic acids is 1. The van der Waals surface area contributed by atoms with E-state index in [4.69, 9.17) is 4.98 Å². The lowest BCUT2D eigenvalue weighted by Crippen LogP contribution is -2.13. The lowest BCUT2D eigenvalue weighted by molar-refractivity contribution is -0.137. The predicted molar refractivity (Wildman–Crippen MR) is 154 cm³/mol. The number of thioether (sulfide) groups is 1. The number of nitrogens with zero attached hydrogens (tertiary/aromatic N) is 4. The second kappa shape index (κ2) is 11.1. The second-order valence-corrected chi connectivity index (χ2v) is 10.3. The summed E-state index contributed by atoms with van der Waals surface area (Å²) in [6, 6.07) is 29.6. The van der Waals surface area contributed by atoms with Crippen LogP contribution in [0.15, 0.2) is 108 Å². The van der Waals surface area contributed by atoms with Gasteiger partial charge in [0.15, 0.2) is 5.65 Å². The summed E-state index contributed by atoms with van der Waals surface area (Å²) in [5.41, 5.74) is 4.22. The molecule has 204 valence electrons. The summed E-state index contributed by atoms with van der Waals surface area (Å²) in [5.74, 6) is 0.0505. The van der Waals surface area contributed by atoms with Gasteiger partial charge in [0.1, 0.15) is 5.52 Å². The van der Waals surface area contributed by atoms with E-state index in [1.807, 2.05) is 36.4 Å². The van der Waals surface area contributed by atoms with Crippen molar-refractivity contribution >= 4 is 45.4 Å². The maximum absolute atomic E-state index is 13.0. The number of hydrogen-bond donors (Lipinski definition) is 1. The molecule has 0 unspecified atom stereocenters. The van der Waals surface area contributed by atoms with Crippen LogP contribution in [0.1, 0.15) is 27.0 Å². The Hall–Kier alpha value is -4.70. The van der Waals surface area contributed by atoms with E-state index in [2.05, 4.69) is 38.3 Å². The molecule has 0 spiro atoms. The zero-order valence-electron chi connectivity index (χ0n) is 21.5. The summed E-state index contributed by atoms with van der Waals surface area (Å²) in [4.78, 5) is 17.4. The Bertz CT molecular complexity index is 1850. The Morgan fingerprint density at radius 1 is 0.829 bits per heavy atom. The highest BCUT2D eigenvalue weighted by molar-refractivity contribution is 7.98. The van der Waals surface area contributed by atoms with Gasteiger partial charge in [0.25, 0.3) is 5.91 Å². The van der Waals surface area contributed by atoms with Gasteiger partial charge >= 0.3 is 6.18 Å². The Morgan fingerprint density at radius 2 is 1.59 bits per heavy atom. The highest BCUT2D eigenvalue weighted by atomic mass is 32.2. The molecule has 6 rings (SSSR count). The van der Waals surface area contributed by atoms with E-state index in [9.17, 15) is 18.0 Å². The van der Waals surface area contributed by atoms with E-state index in [0.29, 0.717) is 23.0 Å². The molecular formula is C31H22F3N5OS. The Kier molecular flexibility index (Phi) is 7.15. The first-order valence-electron chi connectivity index (χ1n) is 12.7. The molecule has 0 aliphatic rings. The highest BCUT2D eigenvalue weighted by Gasteiger charge is 2.30. The minimum absolute atomic E-state index is 0.0779. The Balaban J connectivity index is 1.17. The van der Waals surface area contributed by atoms with Crippen LogP contribution in [0.4, 0.5) is 18.9 Å². The molecule has 0 aliphatic heterocycles. The number of alkyl halides is 3. The molecule has 1 N–H and O–H groups in total. The van der Waals surface area contributed by atoms with Gasteiger partial charge in [-0.25, -0.2) is 4.98 Å². The molecule has 2 heterocycles. The number of hydrogen-bond acceptors (Lipinski definition) is 5. The monoisotopic (exact) mass is 569 g/mol. The van der Waals surface area contributed by atoms with Crippen molar-refractivity contribution in [3.63, 3.8) is 0 Å². The zero-order chi connectivity index (χ0) is 28.4. The third kappa shape index (κ3) is 5.78. The minimum Gasteiger partial charge on any atom is -0.322 e. The summed E-state index contributed by atoms with van der Waals surface area (Å²) >= 11 is 1.43. The normalized spacial score (nSPS) is 11.7. The van der Waals surface area contributed by atoms with E-state index in [0.717, 1.165) is 45.3 Å². The minimum atomic E-state index is -4.48. The molecule has 2 aromatic heterocycles. The van der Waals surface area contributed by atoms with Crippen molar-refractivity contribution in [2.24, 2.45) is 0 Å². The number of para-hydroxylation sites is 1. The van der Waals surface area contributed by atoms with Crippen LogP contribution in [0.3, 0.4) is 0 Å². The van der Waals surface area contributed by atoms with E-state index in [1.54, 1.807) is 24.3 Å². The second-order valence-electron chi connectivity index (χ2n) is 9.37. The van der Waals surface area contributed by atoms with Gasteiger partial charge in [0.2, 0.25) is 5.16 Å². The molecule has 4 aromatic carbocycles. The molecule has 10 heteroatoms. The predicted octanol–water partition coefficient (Wildman–Crippen LogP) is 7.59. The molecule has 0 saturated heterocycles. The number of anilines is 1. The maximum atomic E-state index is 13.0. The number of aromatic nitrogens is 4. The van der Waals surface area contributed by atoms with Crippen LogP contribution < -0.4 is 5.32 Å². The largest absolute Gasteiger partial charge is 0.416 e. The van der Waals surface area contributed by atoms with Crippen molar-refractivity contribution in [2.75, 3.05) is 5.32 Å². The smallest absolute Gasteiger partial charge is 0.322 e. The summed E-state index contributed by atoms with van der Waals surface area (Å²) in [6.07, 6.45) is -4.48. The fraction of sp³-hybridized carbons (Fsp3) is 0.0968. The van der Waals surface area contributed by atoms with Crippen molar-refractivity contribution in [2.45, 2.75) is 23.6 Å². The average molecular weight is 570 g/mol. The van der Waals surface area contributed by atoms with Crippen LogP contribution in [0.25, 0.3) is 22.1 Å². The molecular weight excluding hydrogens is 547 g/mol. The number of fused-ring (bicyclic) bond motifs is 3. The first-order valence-corrected chi connectivity index (χ1v) is 13.7. The van der Waals surface area contributed by atoms with Crippen LogP contribution in [0, 0.1) is 0 Å². The zero-order valence-corrected chi connectivity index (χ0v) is 22.3. The Morgan fingerprint density at radius 3 is 2.37 bits per heavy atom. The summed E-state index contributed by atoms with van der Waals surface area (Å²) < 4.78 is 41.1. The number of halogens is 3. The number of rotatable bonds is 7. The van der Waals surface area contributed by atoms with Gasteiger partial charge in [-0.15, -0.1) is 10.2 Å². The van der Waals surface area contributed by atoms with Crippen LogP contribution in [0.5, 0.6) is 0 Å². The molecule has 0 radical (unpaired) electrons. The van der Waals surface area contributed by atoms with Crippen LogP contribution in [-0.4, -0.2) is 25.7 Å². The topological polar surface area (TPSA) is 72.7 Å². The number of amides is 1. The fourth-order valence-electron chi connectivity index (χ4n) is 4.55. The number of carbonyl (C=O) groups is 1. The van der Waals surface area contributed by atoms with Gasteiger partial charge in [0.05, 0.1) is 11.1 Å². The standard InChI is InChI=1S/C31H22F3N5OS/c32-31(33,34)23-9-6-10-24(17-23)35-29(40)22-15-13-21(14-16-22)19-41-30-36-28-27(37-38-30)25-11-4-5-12-26(25)39(28)18-20-7-2-1-3-8-20/h1-17H,18-19H2,(H,35,40). The van der Waals surface area contributed by atoms with E-state index in [-0.39, 0.29) is 5.69 Å². The fourth-order valence-corrected chi connectivity index (χ4v) is 5.29. The molecule has 1 amide bonds. The first kappa shape index (κ1) is 26.5. The third-order valence-electron chi connectivity index (χ3n) is 6.57. The van der Waals surface area contributed by atoms with Crippen molar-refractivity contribution in [1.82, 2.24) is 19.7 Å². The van der Waals surface area contributed by atoms with E-state index in [1.165, 1.54) is 23.9 Å². The molecule has 6 nitrogen and oxygen atoms in total. The first-order chi connectivity index (χ1) is 19.8. The molecule has 0 saturated carbocycles. The lowest BCUT2D eigenvalue weighted by Gasteiger charge is -2.10. The summed E-state index contributed by atoms with van der Waals surface area (Å²) in [5, 5.41) is 12.9. The van der Waals surface area contributed by atoms with E-state index >= 15 is 0 Å². The van der Waals surface area contributed by atoms with Gasteiger partial charge in [0, 0.05) is 28.9 Å². The SMILES string of the molecule is O=C(Nc1cccc(C(F)(F)F)c1)c1ccc(CSc2nnc3c4ccccc4n(Cc4ccccc4)c3n2)cc1. The molecule has 0 bridgehead atoms. The molecule has 41 heavy (non-hydrogen) atoms. The molecule has 0 fully saturated rings. The summed E-state index contributed by atoms with van der Waals surface area (Å²) in [7, 11) is 0. The molecule has 0 atom stereocenters. The van der Waals surface area contributed by atoms with Gasteiger partial charge in [-0.3, -0.25) is 4.79 Å². The van der Waals surface area contributed by atoms with Crippen molar-refractivity contribution < 1.29 is 18.0 Å². The average Bonchev–Trinajstić information content (AvgIpc) is 3.29. The van der Waals surface area contributed by atoms with Crippen molar-refractivity contribution in [3.05, 3.63) is 125 Å². The van der Waals surface area contributed by atoms with Gasteiger partial charge < -0.3 is 9.88 Å². The number of nitrogens with one attached hydrogen (secondary N) is 1. The van der Waals surface area contributed by atoms with Crippen molar-refractivity contribution in [1.29, 1.82) is 0 Å². The number of benzene rings is 4. The van der Waals surface area contributed by atoms with E-state index < -0.39 is 17.6 Å². The van der Waals surface area contributed by atoms with Gasteiger partial charge in [-0.05, 0) is 47.5 Å². The third-order valence-corrected chi connectivity index (χ3v) is 7.48. The lowest BCUT2D eigenvalue weighted by atomic mass is 10.1. The van der Waals surface area contributed by atoms with Crippen LogP contribution >= 0.6 is 11.8 Å². The summed E-state index contributed by atoms with van der Waals surface area (Å²) in [6.45, 7) is 0.650. The molecule has 6 aromatic rings. The molecule has 0 aliphatic carbocycles. The Labute approximate surface area is 237 Å². The van der Waals surface area contributed by atoms with Crippen LogP contribution in [-0.2, 0) is 18.5 Å². The van der Waals surface area contributed by atoms with Gasteiger partial charge in [-0.2, -0.15) is 13.2 Å². The van der Waals surface area contributed by atoms with Crippen molar-refractivity contribution in [3.8, 4) is 0 Å². The quantitative estimate of drug-likeness (QED) is 0.201.